The van der Waals surface area contributed by atoms with Gasteiger partial charge in [-0.1, -0.05) is 65.7 Å². The highest BCUT2D eigenvalue weighted by Gasteiger charge is 2.49. The van der Waals surface area contributed by atoms with E-state index < -0.39 is 6.10 Å². The lowest BCUT2D eigenvalue weighted by Gasteiger charge is -2.48. The molecule has 1 amide bonds. The standard InChI is InChI=1S/C28H29BrFNO3/c1-2-3-17-34-26-18-20(29)11-14-23(26)27-24(28(33)31(27)22-7-5-4-6-8-22)15-16-25(32)19-9-12-21(30)13-10-19/h4-14,18,24-25,27,32H,2-3,15-17H2,1H3/t24-,25-,27-/m0/s1. The number of aliphatic hydroxyl groups is 1. The van der Waals surface area contributed by atoms with E-state index in [1.807, 2.05) is 53.4 Å². The molecule has 178 valence electrons. The lowest BCUT2D eigenvalue weighted by molar-refractivity contribution is -0.131. The predicted octanol–water partition coefficient (Wildman–Crippen LogP) is 6.99. The first-order valence-electron chi connectivity index (χ1n) is 11.7. The summed E-state index contributed by atoms with van der Waals surface area (Å²) in [5.74, 6) is 0.176. The second-order valence-corrected chi connectivity index (χ2v) is 9.54. The van der Waals surface area contributed by atoms with Crippen LogP contribution in [0.5, 0.6) is 5.75 Å². The van der Waals surface area contributed by atoms with Crippen LogP contribution in [-0.2, 0) is 4.79 Å². The van der Waals surface area contributed by atoms with Gasteiger partial charge in [-0.05, 0) is 61.2 Å². The maximum Gasteiger partial charge on any atom is 0.233 e. The number of anilines is 1. The van der Waals surface area contributed by atoms with Crippen LogP contribution in [0.4, 0.5) is 10.1 Å². The lowest BCUT2D eigenvalue weighted by Crippen LogP contribution is -2.55. The van der Waals surface area contributed by atoms with Gasteiger partial charge in [-0.15, -0.1) is 0 Å². The van der Waals surface area contributed by atoms with E-state index in [2.05, 4.69) is 22.9 Å². The molecule has 6 heteroatoms. The van der Waals surface area contributed by atoms with Gasteiger partial charge in [-0.25, -0.2) is 4.39 Å². The first-order valence-corrected chi connectivity index (χ1v) is 12.5. The Morgan fingerprint density at radius 1 is 1.09 bits per heavy atom. The summed E-state index contributed by atoms with van der Waals surface area (Å²) in [7, 11) is 0. The van der Waals surface area contributed by atoms with E-state index in [0.29, 0.717) is 25.0 Å². The van der Waals surface area contributed by atoms with Crippen molar-refractivity contribution >= 4 is 27.5 Å². The molecule has 1 N–H and O–H groups in total. The Kier molecular flexibility index (Phi) is 8.01. The maximum absolute atomic E-state index is 13.3. The zero-order valence-corrected chi connectivity index (χ0v) is 20.7. The topological polar surface area (TPSA) is 49.8 Å². The number of rotatable bonds is 10. The number of carbonyl (C=O) groups is 1. The molecule has 4 rings (SSSR count). The van der Waals surface area contributed by atoms with Crippen molar-refractivity contribution in [1.29, 1.82) is 0 Å². The second-order valence-electron chi connectivity index (χ2n) is 8.62. The molecule has 0 saturated carbocycles. The SMILES string of the molecule is CCCCOc1cc(Br)ccc1[C@H]1[C@H](CC[C@H](O)c2ccc(F)cc2)C(=O)N1c1ccccc1. The molecular formula is C28H29BrFNO3. The molecule has 0 radical (unpaired) electrons. The summed E-state index contributed by atoms with van der Waals surface area (Å²) >= 11 is 3.54. The molecule has 34 heavy (non-hydrogen) atoms. The summed E-state index contributed by atoms with van der Waals surface area (Å²) < 4.78 is 20.3. The van der Waals surface area contributed by atoms with Gasteiger partial charge >= 0.3 is 0 Å². The van der Waals surface area contributed by atoms with Gasteiger partial charge in [-0.2, -0.15) is 0 Å². The van der Waals surface area contributed by atoms with Crippen molar-refractivity contribution in [3.8, 4) is 5.75 Å². The van der Waals surface area contributed by atoms with E-state index in [0.717, 1.165) is 34.3 Å². The molecule has 1 heterocycles. The third-order valence-corrected chi connectivity index (χ3v) is 6.80. The molecule has 3 atom stereocenters. The largest absolute Gasteiger partial charge is 0.493 e. The average molecular weight is 526 g/mol. The minimum atomic E-state index is -0.759. The first kappa shape index (κ1) is 24.4. The fourth-order valence-electron chi connectivity index (χ4n) is 4.46. The van der Waals surface area contributed by atoms with Gasteiger partial charge < -0.3 is 14.7 Å². The molecule has 0 aromatic heterocycles. The number of hydrogen-bond donors (Lipinski definition) is 1. The minimum Gasteiger partial charge on any atom is -0.493 e. The van der Waals surface area contributed by atoms with Crippen molar-refractivity contribution in [3.63, 3.8) is 0 Å². The number of para-hydroxylation sites is 1. The number of halogens is 2. The lowest BCUT2D eigenvalue weighted by atomic mass is 9.78. The zero-order valence-electron chi connectivity index (χ0n) is 19.2. The Balaban J connectivity index is 1.60. The monoisotopic (exact) mass is 525 g/mol. The van der Waals surface area contributed by atoms with Crippen LogP contribution < -0.4 is 9.64 Å². The van der Waals surface area contributed by atoms with Gasteiger partial charge in [-0.3, -0.25) is 4.79 Å². The first-order chi connectivity index (χ1) is 16.5. The molecule has 1 fully saturated rings. The van der Waals surface area contributed by atoms with Gasteiger partial charge in [0.1, 0.15) is 11.6 Å². The summed E-state index contributed by atoms with van der Waals surface area (Å²) in [6.07, 6.45) is 2.14. The molecule has 0 bridgehead atoms. The van der Waals surface area contributed by atoms with Crippen LogP contribution in [0.3, 0.4) is 0 Å². The third-order valence-electron chi connectivity index (χ3n) is 6.30. The van der Waals surface area contributed by atoms with Crippen molar-refractivity contribution in [2.24, 2.45) is 5.92 Å². The summed E-state index contributed by atoms with van der Waals surface area (Å²) in [6.45, 7) is 2.73. The highest BCUT2D eigenvalue weighted by Crippen LogP contribution is 2.49. The van der Waals surface area contributed by atoms with E-state index in [1.54, 1.807) is 12.1 Å². The van der Waals surface area contributed by atoms with Gasteiger partial charge in [0.2, 0.25) is 5.91 Å². The van der Waals surface area contributed by atoms with Gasteiger partial charge in [0.15, 0.2) is 0 Å². The predicted molar refractivity (Wildman–Crippen MR) is 135 cm³/mol. The fourth-order valence-corrected chi connectivity index (χ4v) is 4.80. The normalized spacial score (nSPS) is 18.5. The van der Waals surface area contributed by atoms with Crippen LogP contribution in [0.25, 0.3) is 0 Å². The van der Waals surface area contributed by atoms with E-state index in [4.69, 9.17) is 4.74 Å². The number of carbonyl (C=O) groups excluding carboxylic acids is 1. The van der Waals surface area contributed by atoms with Gasteiger partial charge in [0, 0.05) is 15.7 Å². The zero-order chi connectivity index (χ0) is 24.1. The molecule has 0 unspecified atom stereocenters. The van der Waals surface area contributed by atoms with Crippen LogP contribution >= 0.6 is 15.9 Å². The Morgan fingerprint density at radius 2 is 1.82 bits per heavy atom. The smallest absolute Gasteiger partial charge is 0.233 e. The minimum absolute atomic E-state index is 0.0323. The van der Waals surface area contributed by atoms with Crippen LogP contribution in [0.1, 0.15) is 55.9 Å². The number of unbranched alkanes of at least 4 members (excludes halogenated alkanes) is 1. The van der Waals surface area contributed by atoms with Crippen molar-refractivity contribution in [2.45, 2.75) is 44.8 Å². The summed E-state index contributed by atoms with van der Waals surface area (Å²) in [4.78, 5) is 15.1. The molecule has 0 spiro atoms. The highest BCUT2D eigenvalue weighted by molar-refractivity contribution is 9.10. The molecule has 1 aliphatic rings. The summed E-state index contributed by atoms with van der Waals surface area (Å²) in [5, 5.41) is 10.7. The van der Waals surface area contributed by atoms with E-state index in [1.165, 1.54) is 12.1 Å². The Morgan fingerprint density at radius 3 is 2.53 bits per heavy atom. The number of benzene rings is 3. The van der Waals surface area contributed by atoms with Crippen molar-refractivity contribution in [1.82, 2.24) is 0 Å². The number of ether oxygens (including phenoxy) is 1. The van der Waals surface area contributed by atoms with Crippen LogP contribution in [0.2, 0.25) is 0 Å². The molecule has 3 aromatic rings. The average Bonchev–Trinajstić information content (AvgIpc) is 2.84. The number of β-lactam (4-membered cyclic amide) rings is 1. The molecular weight excluding hydrogens is 497 g/mol. The van der Waals surface area contributed by atoms with E-state index in [9.17, 15) is 14.3 Å². The number of amides is 1. The van der Waals surface area contributed by atoms with Crippen LogP contribution in [0.15, 0.2) is 77.3 Å². The summed E-state index contributed by atoms with van der Waals surface area (Å²) in [6, 6.07) is 21.3. The number of aliphatic hydroxyl groups excluding tert-OH is 1. The number of hydrogen-bond acceptors (Lipinski definition) is 3. The third kappa shape index (κ3) is 5.34. The number of nitrogens with zero attached hydrogens (tertiary/aromatic N) is 1. The molecule has 3 aromatic carbocycles. The van der Waals surface area contributed by atoms with Gasteiger partial charge in [0.25, 0.3) is 0 Å². The Labute approximate surface area is 208 Å². The van der Waals surface area contributed by atoms with E-state index in [-0.39, 0.29) is 23.7 Å². The maximum atomic E-state index is 13.3. The summed E-state index contributed by atoms with van der Waals surface area (Å²) in [5.41, 5.74) is 2.45. The van der Waals surface area contributed by atoms with Crippen molar-refractivity contribution in [3.05, 3.63) is 94.2 Å². The van der Waals surface area contributed by atoms with Gasteiger partial charge in [0.05, 0.1) is 24.7 Å². The van der Waals surface area contributed by atoms with Crippen LogP contribution in [0, 0.1) is 11.7 Å². The Bertz CT molecular complexity index is 1110. The molecule has 4 nitrogen and oxygen atoms in total. The van der Waals surface area contributed by atoms with Crippen LogP contribution in [-0.4, -0.2) is 17.6 Å². The molecule has 1 aliphatic heterocycles. The van der Waals surface area contributed by atoms with E-state index >= 15 is 0 Å². The van der Waals surface area contributed by atoms with Crippen molar-refractivity contribution in [2.75, 3.05) is 11.5 Å². The quantitative estimate of drug-likeness (QED) is 0.229. The second kappa shape index (κ2) is 11.2. The molecule has 0 aliphatic carbocycles. The molecule has 1 saturated heterocycles. The highest BCUT2D eigenvalue weighted by atomic mass is 79.9. The fraction of sp³-hybridized carbons (Fsp3) is 0.321. The van der Waals surface area contributed by atoms with Crippen molar-refractivity contribution < 1.29 is 19.0 Å². The Hall–Kier alpha value is -2.70.